The molecule has 0 radical (unpaired) electrons. The van der Waals surface area contributed by atoms with Crippen LogP contribution in [0.2, 0.25) is 0 Å². The first kappa shape index (κ1) is 83.6. The zero-order valence-electron chi connectivity index (χ0n) is 57.6. The number of unbranched alkanes of at least 4 members (excludes halogenated alkanes) is 46. The van der Waals surface area contributed by atoms with E-state index in [0.29, 0.717) is 19.3 Å². The number of carbonyl (C=O) groups excluding carboxylic acids is 2. The summed E-state index contributed by atoms with van der Waals surface area (Å²) in [5.41, 5.74) is 0. The Balaban J connectivity index is 2.51. The molecule has 1 rings (SSSR count). The number of esters is 1. The van der Waals surface area contributed by atoms with Crippen molar-refractivity contribution in [2.45, 2.75) is 416 Å². The Morgan fingerprint density at radius 3 is 1.19 bits per heavy atom. The van der Waals surface area contributed by atoms with Crippen LogP contribution in [0.4, 0.5) is 0 Å². The Morgan fingerprint density at radius 1 is 0.443 bits per heavy atom. The van der Waals surface area contributed by atoms with Crippen LogP contribution in [0.1, 0.15) is 367 Å². The highest BCUT2D eigenvalue weighted by molar-refractivity contribution is 5.80. The molecule has 0 bridgehead atoms. The van der Waals surface area contributed by atoms with Crippen molar-refractivity contribution in [3.8, 4) is 0 Å². The Labute approximate surface area is 542 Å². The summed E-state index contributed by atoms with van der Waals surface area (Å²) in [5.74, 6) is -1.18. The minimum atomic E-state index is -1.61. The smallest absolute Gasteiger partial charge is 0.306 e. The van der Waals surface area contributed by atoms with Crippen LogP contribution in [-0.4, -0.2) is 99.6 Å². The lowest BCUT2D eigenvalue weighted by Gasteiger charge is -2.41. The first-order valence-corrected chi connectivity index (χ1v) is 37.9. The van der Waals surface area contributed by atoms with Crippen LogP contribution in [0.25, 0.3) is 0 Å². The summed E-state index contributed by atoms with van der Waals surface area (Å²) >= 11 is 0. The standard InChI is InChI=1S/C77H143NO10/c1-4-7-10-13-16-19-22-25-27-29-31-33-34-35-36-37-38-39-41-43-45-47-50-53-56-59-62-65-72(82)88-75-74(84)73(83)71(66-79)87-77(75)86-67-68(69(80)63-60-57-54-51-48-24-21-18-15-12-9-6-3)78-76(85)70(81)64-61-58-55-52-49-46-44-42-40-32-30-28-26-23-20-17-14-11-8-5-2/h16,19,25-28,60,63,68-71,73-75,77,79-81,83-84H,4-15,17-18,20-24,29-59,61-62,64-67H2,1-3H3,(H,78,85)/b19-16-,27-25-,28-26+,63-60+. The summed E-state index contributed by atoms with van der Waals surface area (Å²) in [4.78, 5) is 26.7. The Kier molecular flexibility index (Phi) is 61.5. The second-order valence-electron chi connectivity index (χ2n) is 26.4. The van der Waals surface area contributed by atoms with Crippen molar-refractivity contribution < 1.29 is 49.3 Å². The molecule has 8 atom stereocenters. The number of allylic oxidation sites excluding steroid dienone is 7. The van der Waals surface area contributed by atoms with Crippen LogP contribution >= 0.6 is 0 Å². The highest BCUT2D eigenvalue weighted by Crippen LogP contribution is 2.27. The fourth-order valence-corrected chi connectivity index (χ4v) is 12.0. The van der Waals surface area contributed by atoms with Crippen molar-refractivity contribution in [3.05, 3.63) is 48.6 Å². The summed E-state index contributed by atoms with van der Waals surface area (Å²) < 4.78 is 17.7. The summed E-state index contributed by atoms with van der Waals surface area (Å²) in [5, 5.41) is 57.3. The molecule has 0 spiro atoms. The summed E-state index contributed by atoms with van der Waals surface area (Å²) in [6, 6.07) is -1.02. The Hall–Kier alpha value is -2.38. The normalized spacial score (nSPS) is 18.4. The molecule has 1 heterocycles. The lowest BCUT2D eigenvalue weighted by Crippen LogP contribution is -2.61. The van der Waals surface area contributed by atoms with Gasteiger partial charge in [0, 0.05) is 6.42 Å². The topological polar surface area (TPSA) is 175 Å². The lowest BCUT2D eigenvalue weighted by atomic mass is 9.99. The van der Waals surface area contributed by atoms with Gasteiger partial charge in [-0.15, -0.1) is 0 Å². The first-order chi connectivity index (χ1) is 43.2. The third-order valence-corrected chi connectivity index (χ3v) is 18.0. The van der Waals surface area contributed by atoms with E-state index in [-0.39, 0.29) is 13.0 Å². The molecule has 88 heavy (non-hydrogen) atoms. The van der Waals surface area contributed by atoms with Crippen molar-refractivity contribution in [3.63, 3.8) is 0 Å². The van der Waals surface area contributed by atoms with Gasteiger partial charge in [0.15, 0.2) is 12.4 Å². The zero-order valence-corrected chi connectivity index (χ0v) is 57.6. The molecule has 11 heteroatoms. The lowest BCUT2D eigenvalue weighted by molar-refractivity contribution is -0.305. The number of aliphatic hydroxyl groups is 5. The third kappa shape index (κ3) is 51.2. The van der Waals surface area contributed by atoms with Crippen molar-refractivity contribution >= 4 is 11.9 Å². The fraction of sp³-hybridized carbons (Fsp3) is 0.870. The van der Waals surface area contributed by atoms with Gasteiger partial charge < -0.3 is 45.1 Å². The van der Waals surface area contributed by atoms with Crippen LogP contribution in [0, 0.1) is 0 Å². The molecule has 1 amide bonds. The maximum Gasteiger partial charge on any atom is 0.306 e. The molecule has 516 valence electrons. The average Bonchev–Trinajstić information content (AvgIpc) is 1.29. The highest BCUT2D eigenvalue weighted by atomic mass is 16.7. The second-order valence-corrected chi connectivity index (χ2v) is 26.4. The van der Waals surface area contributed by atoms with Crippen LogP contribution in [-0.2, 0) is 23.8 Å². The minimum Gasteiger partial charge on any atom is -0.454 e. The number of carbonyl (C=O) groups is 2. The number of rotatable bonds is 66. The summed E-state index contributed by atoms with van der Waals surface area (Å²) in [6.07, 6.45) is 71.6. The number of hydrogen-bond donors (Lipinski definition) is 6. The maximum atomic E-state index is 13.5. The molecule has 0 aromatic carbocycles. The van der Waals surface area contributed by atoms with E-state index in [1.807, 2.05) is 6.08 Å². The van der Waals surface area contributed by atoms with E-state index in [4.69, 9.17) is 14.2 Å². The van der Waals surface area contributed by atoms with Gasteiger partial charge in [-0.3, -0.25) is 9.59 Å². The predicted octanol–water partition coefficient (Wildman–Crippen LogP) is 19.9. The van der Waals surface area contributed by atoms with Gasteiger partial charge in [0.2, 0.25) is 5.91 Å². The van der Waals surface area contributed by atoms with E-state index in [9.17, 15) is 35.1 Å². The molecule has 0 aromatic heterocycles. The van der Waals surface area contributed by atoms with Crippen LogP contribution in [0.15, 0.2) is 48.6 Å². The van der Waals surface area contributed by atoms with E-state index >= 15 is 0 Å². The summed E-state index contributed by atoms with van der Waals surface area (Å²) in [7, 11) is 0. The van der Waals surface area contributed by atoms with Gasteiger partial charge in [-0.25, -0.2) is 0 Å². The molecule has 1 aliphatic rings. The molecule has 0 aliphatic carbocycles. The minimum absolute atomic E-state index is 0.127. The van der Waals surface area contributed by atoms with Gasteiger partial charge in [-0.2, -0.15) is 0 Å². The van der Waals surface area contributed by atoms with E-state index in [1.165, 1.54) is 257 Å². The molecule has 1 aliphatic heterocycles. The quantitative estimate of drug-likeness (QED) is 0.0195. The second kappa shape index (κ2) is 64.7. The highest BCUT2D eigenvalue weighted by Gasteiger charge is 2.47. The Morgan fingerprint density at radius 2 is 0.784 bits per heavy atom. The van der Waals surface area contributed by atoms with E-state index in [0.717, 1.165) is 64.2 Å². The molecule has 1 saturated heterocycles. The molecule has 6 N–H and O–H groups in total. The number of amides is 1. The van der Waals surface area contributed by atoms with Crippen molar-refractivity contribution in [1.82, 2.24) is 5.32 Å². The predicted molar refractivity (Wildman–Crippen MR) is 370 cm³/mol. The van der Waals surface area contributed by atoms with Crippen molar-refractivity contribution in [2.24, 2.45) is 0 Å². The molecule has 0 saturated carbocycles. The van der Waals surface area contributed by atoms with Crippen molar-refractivity contribution in [2.75, 3.05) is 13.2 Å². The molecule has 0 aromatic rings. The van der Waals surface area contributed by atoms with Crippen LogP contribution < -0.4 is 5.32 Å². The SMILES string of the molecule is CCCCC/C=C\C/C=C\CCCCCCCCCCCCCCCCCCCC(=O)OC1C(OCC(NC(=O)C(O)CCCCCCCCCCCC/C=C/CCCCCCCC)C(O)/C=C/CCCCCCCCCCCC)OC(CO)C(O)C1O. The van der Waals surface area contributed by atoms with Gasteiger partial charge in [0.05, 0.1) is 25.4 Å². The first-order valence-electron chi connectivity index (χ1n) is 37.9. The zero-order chi connectivity index (χ0) is 63.9. The number of nitrogens with one attached hydrogen (secondary N) is 1. The van der Waals surface area contributed by atoms with Crippen LogP contribution in [0.5, 0.6) is 0 Å². The van der Waals surface area contributed by atoms with Gasteiger partial charge in [-0.05, 0) is 83.5 Å². The van der Waals surface area contributed by atoms with E-state index in [2.05, 4.69) is 62.5 Å². The monoisotopic (exact) mass is 1240 g/mol. The average molecular weight is 1240 g/mol. The maximum absolute atomic E-state index is 13.5. The Bertz CT molecular complexity index is 1620. The number of ether oxygens (including phenoxy) is 3. The number of hydrogen-bond acceptors (Lipinski definition) is 10. The fourth-order valence-electron chi connectivity index (χ4n) is 12.0. The molecule has 11 nitrogen and oxygen atoms in total. The third-order valence-electron chi connectivity index (χ3n) is 18.0. The van der Waals surface area contributed by atoms with E-state index < -0.39 is 67.4 Å². The van der Waals surface area contributed by atoms with Gasteiger partial charge in [0.25, 0.3) is 0 Å². The largest absolute Gasteiger partial charge is 0.454 e. The molecule has 1 fully saturated rings. The molecule has 8 unspecified atom stereocenters. The summed E-state index contributed by atoms with van der Waals surface area (Å²) in [6.45, 7) is 5.82. The molecular weight excluding hydrogens is 1100 g/mol. The van der Waals surface area contributed by atoms with Gasteiger partial charge in [-0.1, -0.05) is 326 Å². The van der Waals surface area contributed by atoms with Crippen LogP contribution in [0.3, 0.4) is 0 Å². The number of aliphatic hydroxyl groups excluding tert-OH is 5. The van der Waals surface area contributed by atoms with Gasteiger partial charge in [0.1, 0.15) is 24.4 Å². The van der Waals surface area contributed by atoms with Crippen molar-refractivity contribution in [1.29, 1.82) is 0 Å². The van der Waals surface area contributed by atoms with Gasteiger partial charge >= 0.3 is 5.97 Å². The van der Waals surface area contributed by atoms with E-state index in [1.54, 1.807) is 6.08 Å². The molecular formula is C77H143NO10.